The molecule has 0 aliphatic heterocycles. The fourth-order valence-electron chi connectivity index (χ4n) is 2.91. The van der Waals surface area contributed by atoms with E-state index in [0.29, 0.717) is 5.69 Å². The molecule has 0 saturated heterocycles. The Kier molecular flexibility index (Phi) is 7.23. The van der Waals surface area contributed by atoms with E-state index in [9.17, 15) is 17.6 Å². The Balaban J connectivity index is 1.79. The summed E-state index contributed by atoms with van der Waals surface area (Å²) >= 11 is 1.06. The van der Waals surface area contributed by atoms with E-state index in [0.717, 1.165) is 34.9 Å². The Morgan fingerprint density at radius 1 is 1.07 bits per heavy atom. The fourth-order valence-corrected chi connectivity index (χ4v) is 5.43. The Morgan fingerprint density at radius 2 is 1.77 bits per heavy atom. The zero-order valence-electron chi connectivity index (χ0n) is 16.5. The second-order valence-corrected chi connectivity index (χ2v) is 9.81. The first-order valence-corrected chi connectivity index (χ1v) is 11.9. The second-order valence-electron chi connectivity index (χ2n) is 6.77. The van der Waals surface area contributed by atoms with Crippen molar-refractivity contribution in [1.82, 2.24) is 0 Å². The summed E-state index contributed by atoms with van der Waals surface area (Å²) < 4.78 is 40.6. The molecular formula is C22H23FN2O3S2. The van der Waals surface area contributed by atoms with Crippen molar-refractivity contribution < 1.29 is 17.6 Å². The number of carbonyl (C=O) groups excluding carboxylic acids is 1. The lowest BCUT2D eigenvalue weighted by Crippen LogP contribution is -2.37. The molecule has 8 heteroatoms. The number of nitrogens with one attached hydrogen (secondary N) is 1. The zero-order valence-corrected chi connectivity index (χ0v) is 18.2. The SMILES string of the molecule is CCCCc1ccc(NC(=O)CN(c2ccc(F)cc2)S(=O)(=O)c2cccs2)cc1. The van der Waals surface area contributed by atoms with E-state index in [1.54, 1.807) is 23.6 Å². The van der Waals surface area contributed by atoms with Crippen LogP contribution in [0.25, 0.3) is 0 Å². The standard InChI is InChI=1S/C22H23FN2O3S2/c1-2-3-5-17-7-11-19(12-8-17)24-21(26)16-25(20-13-9-18(23)10-14-20)30(27,28)22-6-4-15-29-22/h4,6-15H,2-3,5,16H2,1H3,(H,24,26). The Bertz CT molecular complexity index is 1060. The molecule has 0 fully saturated rings. The molecule has 3 rings (SSSR count). The number of thiophene rings is 1. The first kappa shape index (κ1) is 22.0. The number of benzene rings is 2. The Morgan fingerprint density at radius 3 is 2.37 bits per heavy atom. The van der Waals surface area contributed by atoms with Crippen molar-refractivity contribution in [3.8, 4) is 0 Å². The number of unbranched alkanes of at least 4 members (excludes halogenated alkanes) is 1. The van der Waals surface area contributed by atoms with E-state index in [2.05, 4.69) is 12.2 Å². The summed E-state index contributed by atoms with van der Waals surface area (Å²) in [5.74, 6) is -0.972. The van der Waals surface area contributed by atoms with Gasteiger partial charge in [0.15, 0.2) is 0 Å². The molecule has 3 aromatic rings. The van der Waals surface area contributed by atoms with Gasteiger partial charge in [0.25, 0.3) is 10.0 Å². The third-order valence-corrected chi connectivity index (χ3v) is 7.64. The summed E-state index contributed by atoms with van der Waals surface area (Å²) in [4.78, 5) is 12.6. The predicted molar refractivity (Wildman–Crippen MR) is 119 cm³/mol. The normalized spacial score (nSPS) is 11.3. The van der Waals surface area contributed by atoms with E-state index in [1.165, 1.54) is 35.9 Å². The Labute approximate surface area is 180 Å². The molecule has 0 atom stereocenters. The van der Waals surface area contributed by atoms with Gasteiger partial charge in [0.1, 0.15) is 16.6 Å². The molecule has 2 aromatic carbocycles. The zero-order chi connectivity index (χ0) is 21.6. The predicted octanol–water partition coefficient (Wildman–Crippen LogP) is 5.06. The highest BCUT2D eigenvalue weighted by Crippen LogP contribution is 2.26. The summed E-state index contributed by atoms with van der Waals surface area (Å²) in [6.07, 6.45) is 3.18. The molecule has 158 valence electrons. The highest BCUT2D eigenvalue weighted by atomic mass is 32.2. The van der Waals surface area contributed by atoms with Gasteiger partial charge in [-0.15, -0.1) is 11.3 Å². The summed E-state index contributed by atoms with van der Waals surface area (Å²) in [5, 5.41) is 4.39. The van der Waals surface area contributed by atoms with Gasteiger partial charge in [0, 0.05) is 5.69 Å². The maximum Gasteiger partial charge on any atom is 0.274 e. The van der Waals surface area contributed by atoms with Crippen molar-refractivity contribution in [2.75, 3.05) is 16.2 Å². The minimum Gasteiger partial charge on any atom is -0.325 e. The summed E-state index contributed by atoms with van der Waals surface area (Å²) in [6.45, 7) is 1.70. The smallest absolute Gasteiger partial charge is 0.274 e. The van der Waals surface area contributed by atoms with Crippen molar-refractivity contribution >= 4 is 38.6 Å². The van der Waals surface area contributed by atoms with Crippen molar-refractivity contribution in [3.63, 3.8) is 0 Å². The number of hydrogen-bond acceptors (Lipinski definition) is 4. The van der Waals surface area contributed by atoms with E-state index >= 15 is 0 Å². The molecule has 1 N–H and O–H groups in total. The van der Waals surface area contributed by atoms with Crippen LogP contribution >= 0.6 is 11.3 Å². The molecule has 1 amide bonds. The van der Waals surface area contributed by atoms with E-state index < -0.39 is 28.3 Å². The van der Waals surface area contributed by atoms with Gasteiger partial charge < -0.3 is 5.32 Å². The first-order chi connectivity index (χ1) is 14.4. The van der Waals surface area contributed by atoms with Crippen molar-refractivity contribution in [2.24, 2.45) is 0 Å². The number of amides is 1. The number of aryl methyl sites for hydroxylation is 1. The molecule has 0 unspecified atom stereocenters. The molecule has 0 aliphatic rings. The van der Waals surface area contributed by atoms with Crippen LogP contribution < -0.4 is 9.62 Å². The van der Waals surface area contributed by atoms with Crippen LogP contribution in [0, 0.1) is 5.82 Å². The van der Waals surface area contributed by atoms with Crippen molar-refractivity contribution in [1.29, 1.82) is 0 Å². The maximum atomic E-state index is 13.3. The summed E-state index contributed by atoms with van der Waals surface area (Å²) in [6, 6.07) is 15.6. The van der Waals surface area contributed by atoms with Gasteiger partial charge in [0.05, 0.1) is 5.69 Å². The number of carbonyl (C=O) groups is 1. The van der Waals surface area contributed by atoms with Gasteiger partial charge in [-0.2, -0.15) is 0 Å². The van der Waals surface area contributed by atoms with Crippen LogP contribution in [0.4, 0.5) is 15.8 Å². The van der Waals surface area contributed by atoms with E-state index in [4.69, 9.17) is 0 Å². The number of halogens is 1. The minimum absolute atomic E-state index is 0.111. The van der Waals surface area contributed by atoms with Gasteiger partial charge in [-0.3, -0.25) is 9.10 Å². The second kappa shape index (κ2) is 9.86. The van der Waals surface area contributed by atoms with E-state index in [1.807, 2.05) is 12.1 Å². The molecule has 0 aliphatic carbocycles. The van der Waals surface area contributed by atoms with Crippen LogP contribution in [0.3, 0.4) is 0 Å². The number of nitrogens with zero attached hydrogens (tertiary/aromatic N) is 1. The van der Waals surface area contributed by atoms with Crippen molar-refractivity contribution in [2.45, 2.75) is 30.4 Å². The highest BCUT2D eigenvalue weighted by Gasteiger charge is 2.28. The molecule has 0 bridgehead atoms. The highest BCUT2D eigenvalue weighted by molar-refractivity contribution is 7.94. The summed E-state index contributed by atoms with van der Waals surface area (Å²) in [7, 11) is -3.96. The molecule has 0 saturated carbocycles. The minimum atomic E-state index is -3.96. The topological polar surface area (TPSA) is 66.5 Å². The molecule has 1 heterocycles. The third kappa shape index (κ3) is 5.46. The molecule has 0 radical (unpaired) electrons. The van der Waals surface area contributed by atoms with Crippen LogP contribution in [0.5, 0.6) is 0 Å². The van der Waals surface area contributed by atoms with Gasteiger partial charge >= 0.3 is 0 Å². The quantitative estimate of drug-likeness (QED) is 0.499. The molecule has 30 heavy (non-hydrogen) atoms. The third-order valence-electron chi connectivity index (χ3n) is 4.50. The van der Waals surface area contributed by atoms with Crippen LogP contribution in [0.2, 0.25) is 0 Å². The summed E-state index contributed by atoms with van der Waals surface area (Å²) in [5.41, 5.74) is 1.99. The fraction of sp³-hybridized carbons (Fsp3) is 0.227. The van der Waals surface area contributed by atoms with Gasteiger partial charge in [-0.1, -0.05) is 31.5 Å². The lowest BCUT2D eigenvalue weighted by atomic mass is 10.1. The van der Waals surface area contributed by atoms with Crippen LogP contribution in [-0.2, 0) is 21.2 Å². The lowest BCUT2D eigenvalue weighted by molar-refractivity contribution is -0.114. The average Bonchev–Trinajstić information content (AvgIpc) is 3.28. The first-order valence-electron chi connectivity index (χ1n) is 9.61. The van der Waals surface area contributed by atoms with Gasteiger partial charge in [0.2, 0.25) is 5.91 Å². The van der Waals surface area contributed by atoms with Crippen LogP contribution in [0.15, 0.2) is 70.3 Å². The number of sulfonamides is 1. The molecular weight excluding hydrogens is 423 g/mol. The lowest BCUT2D eigenvalue weighted by Gasteiger charge is -2.23. The number of anilines is 2. The molecule has 5 nitrogen and oxygen atoms in total. The largest absolute Gasteiger partial charge is 0.325 e. The Hall–Kier alpha value is -2.71. The average molecular weight is 447 g/mol. The molecule has 1 aromatic heterocycles. The van der Waals surface area contributed by atoms with Crippen molar-refractivity contribution in [3.05, 3.63) is 77.4 Å². The van der Waals surface area contributed by atoms with Gasteiger partial charge in [-0.05, 0) is 66.2 Å². The van der Waals surface area contributed by atoms with Crippen LogP contribution in [0.1, 0.15) is 25.3 Å². The monoisotopic (exact) mass is 446 g/mol. The number of hydrogen-bond donors (Lipinski definition) is 1. The molecule has 0 spiro atoms. The maximum absolute atomic E-state index is 13.3. The van der Waals surface area contributed by atoms with E-state index in [-0.39, 0.29) is 9.90 Å². The van der Waals surface area contributed by atoms with Crippen LogP contribution in [-0.4, -0.2) is 20.9 Å². The van der Waals surface area contributed by atoms with Gasteiger partial charge in [-0.25, -0.2) is 12.8 Å². The number of rotatable bonds is 9.